The molecular formula is C21H26F3N3O2. The lowest BCUT2D eigenvalue weighted by Gasteiger charge is -2.50. The summed E-state index contributed by atoms with van der Waals surface area (Å²) in [5, 5.41) is 19.3. The molecule has 0 amide bonds. The molecule has 3 aliphatic rings. The Morgan fingerprint density at radius 2 is 2.03 bits per heavy atom. The van der Waals surface area contributed by atoms with Crippen LogP contribution in [0.2, 0.25) is 0 Å². The van der Waals surface area contributed by atoms with Crippen LogP contribution in [0.5, 0.6) is 0 Å². The zero-order chi connectivity index (χ0) is 21.3. The number of rotatable bonds is 8. The highest BCUT2D eigenvalue weighted by Crippen LogP contribution is 2.60. The van der Waals surface area contributed by atoms with Crippen molar-refractivity contribution < 1.29 is 22.7 Å². The van der Waals surface area contributed by atoms with Crippen molar-refractivity contribution in [1.82, 2.24) is 5.32 Å². The molecule has 158 valence electrons. The Hall–Kier alpha value is -2.38. The molecule has 29 heavy (non-hydrogen) atoms. The van der Waals surface area contributed by atoms with Gasteiger partial charge >= 0.3 is 6.18 Å². The Morgan fingerprint density at radius 3 is 2.59 bits per heavy atom. The number of hydrogen-bond donors (Lipinski definition) is 3. The average Bonchev–Trinajstić information content (AvgIpc) is 3.41. The molecule has 1 spiro atoms. The SMILES string of the molecule is CCC1CC2(C1)C(=N)C(C=O)=CC=C2N/C=C\C(=N)OCCC1(C(F)(F)F)CC1. The molecule has 0 atom stereocenters. The standard InChI is InChI=1S/C21H26F3N3O2/c1-2-14-11-20(12-14)16(4-3-15(13-28)18(20)26)27-9-5-17(25)29-10-8-19(6-7-19)21(22,23)24/h3-5,9,13-14,25-27H,2,6-8,10-12H2,1H3/b9-5-,25-17?,26-18?. The smallest absolute Gasteiger partial charge is 0.394 e. The molecular weight excluding hydrogens is 383 g/mol. The first kappa shape index (κ1) is 21.3. The van der Waals surface area contributed by atoms with Crippen LogP contribution in [0.25, 0.3) is 0 Å². The van der Waals surface area contributed by atoms with E-state index in [4.69, 9.17) is 15.6 Å². The summed E-state index contributed by atoms with van der Waals surface area (Å²) < 4.78 is 43.8. The molecule has 5 nitrogen and oxygen atoms in total. The number of ether oxygens (including phenoxy) is 1. The molecule has 0 heterocycles. The van der Waals surface area contributed by atoms with E-state index in [1.807, 2.05) is 0 Å². The maximum Gasteiger partial charge on any atom is 0.394 e. The Labute approximate surface area is 168 Å². The van der Waals surface area contributed by atoms with Crippen molar-refractivity contribution in [2.24, 2.45) is 16.7 Å². The van der Waals surface area contributed by atoms with E-state index in [0.29, 0.717) is 23.5 Å². The molecule has 2 saturated carbocycles. The van der Waals surface area contributed by atoms with Gasteiger partial charge in [-0.3, -0.25) is 10.2 Å². The van der Waals surface area contributed by atoms with E-state index in [1.54, 1.807) is 12.2 Å². The van der Waals surface area contributed by atoms with Crippen molar-refractivity contribution in [2.45, 2.75) is 51.6 Å². The van der Waals surface area contributed by atoms with Gasteiger partial charge < -0.3 is 15.5 Å². The minimum Gasteiger partial charge on any atom is -0.478 e. The fourth-order valence-corrected chi connectivity index (χ4v) is 4.19. The lowest BCUT2D eigenvalue weighted by molar-refractivity contribution is -0.190. The topological polar surface area (TPSA) is 86.0 Å². The van der Waals surface area contributed by atoms with Crippen LogP contribution in [0, 0.1) is 27.6 Å². The number of halogens is 3. The molecule has 3 aliphatic carbocycles. The lowest BCUT2D eigenvalue weighted by atomic mass is 9.55. The highest BCUT2D eigenvalue weighted by Gasteiger charge is 2.62. The van der Waals surface area contributed by atoms with E-state index in [2.05, 4.69) is 12.2 Å². The van der Waals surface area contributed by atoms with E-state index >= 15 is 0 Å². The highest BCUT2D eigenvalue weighted by atomic mass is 19.4. The Balaban J connectivity index is 1.54. The van der Waals surface area contributed by atoms with Gasteiger partial charge in [-0.05, 0) is 50.2 Å². The van der Waals surface area contributed by atoms with Crippen LogP contribution in [-0.4, -0.2) is 30.7 Å². The summed E-state index contributed by atoms with van der Waals surface area (Å²) in [4.78, 5) is 11.2. The summed E-state index contributed by atoms with van der Waals surface area (Å²) in [6.45, 7) is 1.95. The third kappa shape index (κ3) is 4.02. The minimum atomic E-state index is -4.21. The summed E-state index contributed by atoms with van der Waals surface area (Å²) in [5.74, 6) is 0.278. The van der Waals surface area contributed by atoms with Crippen molar-refractivity contribution in [3.8, 4) is 0 Å². The normalized spacial score (nSPS) is 27.9. The fourth-order valence-electron chi connectivity index (χ4n) is 4.19. The van der Waals surface area contributed by atoms with Gasteiger partial charge in [-0.25, -0.2) is 0 Å². The van der Waals surface area contributed by atoms with Crippen LogP contribution in [-0.2, 0) is 9.53 Å². The van der Waals surface area contributed by atoms with Gasteiger partial charge in [-0.15, -0.1) is 0 Å². The van der Waals surface area contributed by atoms with Crippen LogP contribution in [0.1, 0.15) is 45.4 Å². The number of carbonyl (C=O) groups excluding carboxylic acids is 1. The number of allylic oxidation sites excluding steroid dienone is 4. The number of nitrogens with one attached hydrogen (secondary N) is 3. The van der Waals surface area contributed by atoms with Crippen molar-refractivity contribution >= 4 is 17.9 Å². The van der Waals surface area contributed by atoms with E-state index in [1.165, 1.54) is 12.3 Å². The van der Waals surface area contributed by atoms with E-state index in [-0.39, 0.29) is 31.8 Å². The molecule has 3 N–H and O–H groups in total. The van der Waals surface area contributed by atoms with Gasteiger partial charge in [-0.2, -0.15) is 13.2 Å². The van der Waals surface area contributed by atoms with Crippen molar-refractivity contribution in [3.05, 3.63) is 35.7 Å². The second kappa shape index (κ2) is 7.80. The predicted octanol–water partition coefficient (Wildman–Crippen LogP) is 4.67. The average molecular weight is 409 g/mol. The molecule has 2 fully saturated rings. The summed E-state index contributed by atoms with van der Waals surface area (Å²) in [5.41, 5.74) is -0.662. The van der Waals surface area contributed by atoms with Gasteiger partial charge in [0.05, 0.1) is 23.1 Å². The Morgan fingerprint density at radius 1 is 1.34 bits per heavy atom. The third-order valence-corrected chi connectivity index (χ3v) is 6.46. The van der Waals surface area contributed by atoms with Gasteiger partial charge in [0.15, 0.2) is 6.29 Å². The number of hydrogen-bond acceptors (Lipinski definition) is 5. The summed E-state index contributed by atoms with van der Waals surface area (Å²) in [6.07, 6.45) is 5.41. The molecule has 3 rings (SSSR count). The number of aldehydes is 1. The van der Waals surface area contributed by atoms with E-state index in [0.717, 1.165) is 25.0 Å². The monoisotopic (exact) mass is 409 g/mol. The molecule has 0 aliphatic heterocycles. The van der Waals surface area contributed by atoms with Crippen molar-refractivity contribution in [3.63, 3.8) is 0 Å². The van der Waals surface area contributed by atoms with Crippen LogP contribution < -0.4 is 5.32 Å². The van der Waals surface area contributed by atoms with Gasteiger partial charge in [0.2, 0.25) is 5.90 Å². The molecule has 0 bridgehead atoms. The summed E-state index contributed by atoms with van der Waals surface area (Å²) >= 11 is 0. The summed E-state index contributed by atoms with van der Waals surface area (Å²) in [7, 11) is 0. The van der Waals surface area contributed by atoms with Crippen molar-refractivity contribution in [2.75, 3.05) is 6.61 Å². The quantitative estimate of drug-likeness (QED) is 0.309. The number of alkyl halides is 3. The second-order valence-corrected chi connectivity index (χ2v) is 8.18. The zero-order valence-electron chi connectivity index (χ0n) is 16.4. The second-order valence-electron chi connectivity index (χ2n) is 8.18. The Bertz CT molecular complexity index is 785. The number of carbonyl (C=O) groups is 1. The predicted molar refractivity (Wildman–Crippen MR) is 104 cm³/mol. The minimum absolute atomic E-state index is 0.127. The first-order chi connectivity index (χ1) is 13.7. The summed E-state index contributed by atoms with van der Waals surface area (Å²) in [6, 6.07) is 0. The van der Waals surface area contributed by atoms with E-state index in [9.17, 15) is 18.0 Å². The molecule has 0 saturated heterocycles. The molecule has 0 unspecified atom stereocenters. The van der Waals surface area contributed by atoms with Crippen molar-refractivity contribution in [1.29, 1.82) is 10.8 Å². The van der Waals surface area contributed by atoms with E-state index < -0.39 is 17.0 Å². The molecule has 0 aromatic rings. The first-order valence-electron chi connectivity index (χ1n) is 9.86. The molecule has 0 aromatic heterocycles. The molecule has 0 radical (unpaired) electrons. The van der Waals surface area contributed by atoms with Crippen LogP contribution in [0.3, 0.4) is 0 Å². The fraction of sp³-hybridized carbons (Fsp3) is 0.571. The largest absolute Gasteiger partial charge is 0.478 e. The van der Waals surface area contributed by atoms with Gasteiger partial charge in [-0.1, -0.05) is 13.3 Å². The first-order valence-corrected chi connectivity index (χ1v) is 9.86. The zero-order valence-corrected chi connectivity index (χ0v) is 16.4. The third-order valence-electron chi connectivity index (χ3n) is 6.46. The molecule has 8 heteroatoms. The van der Waals surface area contributed by atoms with Gasteiger partial charge in [0.25, 0.3) is 0 Å². The van der Waals surface area contributed by atoms with Crippen LogP contribution >= 0.6 is 0 Å². The van der Waals surface area contributed by atoms with Crippen LogP contribution in [0.4, 0.5) is 13.2 Å². The van der Waals surface area contributed by atoms with Gasteiger partial charge in [0, 0.05) is 23.5 Å². The maximum absolute atomic E-state index is 12.9. The van der Waals surface area contributed by atoms with Gasteiger partial charge in [0.1, 0.15) is 0 Å². The highest BCUT2D eigenvalue weighted by molar-refractivity contribution is 6.18. The lowest BCUT2D eigenvalue weighted by Crippen LogP contribution is -2.49. The maximum atomic E-state index is 12.9. The Kier molecular flexibility index (Phi) is 5.74. The molecule has 0 aromatic carbocycles. The van der Waals surface area contributed by atoms with Crippen LogP contribution in [0.15, 0.2) is 35.7 Å².